The van der Waals surface area contributed by atoms with Crippen LogP contribution < -0.4 is 10.1 Å². The van der Waals surface area contributed by atoms with Crippen molar-refractivity contribution in [2.75, 3.05) is 19.6 Å². The third kappa shape index (κ3) is 3.62. The van der Waals surface area contributed by atoms with Gasteiger partial charge < -0.3 is 15.0 Å². The topological polar surface area (TPSA) is 57.4 Å². The lowest BCUT2D eigenvalue weighted by Crippen LogP contribution is -2.37. The second-order valence-corrected chi connectivity index (χ2v) is 7.63. The first kappa shape index (κ1) is 18.6. The molecule has 2 heterocycles. The van der Waals surface area contributed by atoms with Crippen molar-refractivity contribution in [1.29, 1.82) is 0 Å². The Morgan fingerprint density at radius 2 is 2.04 bits per heavy atom. The Balaban J connectivity index is 1.41. The molecule has 1 aliphatic rings. The smallest absolute Gasteiger partial charge is 0.253 e. The summed E-state index contributed by atoms with van der Waals surface area (Å²) in [6, 6.07) is 14.1. The van der Waals surface area contributed by atoms with E-state index < -0.39 is 0 Å². The summed E-state index contributed by atoms with van der Waals surface area (Å²) in [5.41, 5.74) is 5.11. The van der Waals surface area contributed by atoms with Gasteiger partial charge in [-0.1, -0.05) is 30.3 Å². The molecule has 2 aromatic carbocycles. The fraction of sp³-hybridized carbons (Fsp3) is 0.348. The molecule has 1 aliphatic heterocycles. The summed E-state index contributed by atoms with van der Waals surface area (Å²) in [4.78, 5) is 18.5. The Bertz CT molecular complexity index is 1010. The van der Waals surface area contributed by atoms with E-state index in [2.05, 4.69) is 41.2 Å². The maximum atomic E-state index is 12.8. The van der Waals surface area contributed by atoms with Crippen LogP contribution in [0.1, 0.15) is 34.1 Å². The zero-order valence-electron chi connectivity index (χ0n) is 16.7. The first-order chi connectivity index (χ1) is 13.5. The molecule has 146 valence electrons. The normalized spacial score (nSPS) is 17.0. The number of aryl methyl sites for hydroxylation is 2. The predicted molar refractivity (Wildman–Crippen MR) is 112 cm³/mol. The minimum Gasteiger partial charge on any atom is -0.489 e. The Morgan fingerprint density at radius 1 is 1.21 bits per heavy atom. The van der Waals surface area contributed by atoms with E-state index in [1.54, 1.807) is 0 Å². The largest absolute Gasteiger partial charge is 0.489 e. The molecule has 0 saturated heterocycles. The van der Waals surface area contributed by atoms with Crippen LogP contribution >= 0.6 is 0 Å². The number of H-pyrrole nitrogens is 1. The summed E-state index contributed by atoms with van der Waals surface area (Å²) >= 11 is 0. The molecule has 0 saturated carbocycles. The Labute approximate surface area is 165 Å². The summed E-state index contributed by atoms with van der Waals surface area (Å²) in [5, 5.41) is 4.20. The van der Waals surface area contributed by atoms with Gasteiger partial charge in [0.05, 0.1) is 11.1 Å². The van der Waals surface area contributed by atoms with Crippen LogP contribution in [0.5, 0.6) is 5.75 Å². The van der Waals surface area contributed by atoms with Gasteiger partial charge >= 0.3 is 0 Å². The molecule has 0 spiro atoms. The van der Waals surface area contributed by atoms with E-state index in [4.69, 9.17) is 4.74 Å². The Morgan fingerprint density at radius 3 is 2.89 bits per heavy atom. The van der Waals surface area contributed by atoms with Gasteiger partial charge in [-0.05, 0) is 38.5 Å². The van der Waals surface area contributed by atoms with E-state index >= 15 is 0 Å². The zero-order valence-corrected chi connectivity index (χ0v) is 16.7. The van der Waals surface area contributed by atoms with E-state index in [0.717, 1.165) is 42.0 Å². The number of fused-ring (bicyclic) bond motifs is 2. The maximum absolute atomic E-state index is 12.8. The van der Waals surface area contributed by atoms with E-state index in [0.29, 0.717) is 12.1 Å². The average molecular weight is 377 g/mol. The molecule has 28 heavy (non-hydrogen) atoms. The minimum absolute atomic E-state index is 0.0358. The van der Waals surface area contributed by atoms with Crippen LogP contribution in [0.2, 0.25) is 0 Å². The van der Waals surface area contributed by atoms with Gasteiger partial charge in [0.1, 0.15) is 11.9 Å². The van der Waals surface area contributed by atoms with Gasteiger partial charge in [0.25, 0.3) is 5.91 Å². The quantitative estimate of drug-likeness (QED) is 0.727. The number of hydrogen-bond donors (Lipinski definition) is 2. The summed E-state index contributed by atoms with van der Waals surface area (Å²) in [7, 11) is 0. The van der Waals surface area contributed by atoms with Gasteiger partial charge in [0.2, 0.25) is 0 Å². The van der Waals surface area contributed by atoms with Crippen LogP contribution in [0.3, 0.4) is 0 Å². The van der Waals surface area contributed by atoms with Gasteiger partial charge in [-0.25, -0.2) is 0 Å². The lowest BCUT2D eigenvalue weighted by atomic mass is 10.1. The lowest BCUT2D eigenvalue weighted by Gasteiger charge is -2.22. The first-order valence-electron chi connectivity index (χ1n) is 9.86. The fourth-order valence-corrected chi connectivity index (χ4v) is 3.94. The molecule has 0 bridgehead atoms. The molecule has 3 aromatic rings. The number of carbonyl (C=O) groups excluding carboxylic acids is 1. The molecule has 1 amide bonds. The van der Waals surface area contributed by atoms with Crippen LogP contribution in [0.15, 0.2) is 42.5 Å². The van der Waals surface area contributed by atoms with E-state index in [9.17, 15) is 4.79 Å². The van der Waals surface area contributed by atoms with E-state index in [1.807, 2.05) is 37.3 Å². The lowest BCUT2D eigenvalue weighted by molar-refractivity contribution is 0.0946. The van der Waals surface area contributed by atoms with E-state index in [1.165, 1.54) is 11.1 Å². The number of ether oxygens (including phenoxy) is 1. The highest BCUT2D eigenvalue weighted by molar-refractivity contribution is 6.06. The van der Waals surface area contributed by atoms with Crippen molar-refractivity contribution in [2.24, 2.45) is 0 Å². The van der Waals surface area contributed by atoms with Gasteiger partial charge in [-0.3, -0.25) is 9.69 Å². The van der Waals surface area contributed by atoms with Crippen molar-refractivity contribution in [3.8, 4) is 5.75 Å². The monoisotopic (exact) mass is 377 g/mol. The predicted octanol–water partition coefficient (Wildman–Crippen LogP) is 3.80. The standard InChI is InChI=1S/C23H27N3O2/c1-15-13-26(14-18-7-4-5-10-21(18)28-15)12-11-24-23(27)20-9-6-8-19-16(2)17(3)25-22(19)20/h4-10,15,25H,11-14H2,1-3H3,(H,24,27)/t15-/m1/s1. The molecule has 1 atom stereocenters. The third-order valence-corrected chi connectivity index (χ3v) is 5.51. The number of carbonyl (C=O) groups is 1. The summed E-state index contributed by atoms with van der Waals surface area (Å²) < 4.78 is 6.01. The highest BCUT2D eigenvalue weighted by Crippen LogP contribution is 2.25. The van der Waals surface area contributed by atoms with Crippen LogP contribution in [0.4, 0.5) is 0 Å². The van der Waals surface area contributed by atoms with Crippen LogP contribution in [-0.2, 0) is 6.54 Å². The van der Waals surface area contributed by atoms with E-state index in [-0.39, 0.29) is 12.0 Å². The van der Waals surface area contributed by atoms with Crippen molar-refractivity contribution in [3.05, 3.63) is 64.8 Å². The summed E-state index contributed by atoms with van der Waals surface area (Å²) in [5.74, 6) is 0.928. The molecule has 0 radical (unpaired) electrons. The Kier molecular flexibility index (Phi) is 5.09. The fourth-order valence-electron chi connectivity index (χ4n) is 3.94. The molecule has 4 rings (SSSR count). The number of benzene rings is 2. The number of aromatic amines is 1. The van der Waals surface area contributed by atoms with Crippen LogP contribution in [-0.4, -0.2) is 41.5 Å². The molecule has 0 fully saturated rings. The van der Waals surface area contributed by atoms with Crippen molar-refractivity contribution >= 4 is 16.8 Å². The van der Waals surface area contributed by atoms with Crippen molar-refractivity contribution in [2.45, 2.75) is 33.4 Å². The van der Waals surface area contributed by atoms with Crippen LogP contribution in [0, 0.1) is 13.8 Å². The number of hydrogen-bond acceptors (Lipinski definition) is 3. The third-order valence-electron chi connectivity index (χ3n) is 5.51. The van der Waals surface area contributed by atoms with Crippen molar-refractivity contribution < 1.29 is 9.53 Å². The second-order valence-electron chi connectivity index (χ2n) is 7.63. The summed E-state index contributed by atoms with van der Waals surface area (Å²) in [6.45, 7) is 9.27. The summed E-state index contributed by atoms with van der Waals surface area (Å²) in [6.07, 6.45) is 0.123. The van der Waals surface area contributed by atoms with Gasteiger partial charge in [-0.2, -0.15) is 0 Å². The second kappa shape index (κ2) is 7.68. The Hall–Kier alpha value is -2.79. The molecule has 5 heteroatoms. The average Bonchev–Trinajstić information content (AvgIpc) is 2.86. The maximum Gasteiger partial charge on any atom is 0.253 e. The highest BCUT2D eigenvalue weighted by atomic mass is 16.5. The minimum atomic E-state index is -0.0358. The number of rotatable bonds is 4. The molecule has 5 nitrogen and oxygen atoms in total. The number of aromatic nitrogens is 1. The number of para-hydroxylation sites is 2. The first-order valence-corrected chi connectivity index (χ1v) is 9.86. The SMILES string of the molecule is Cc1[nH]c2c(C(=O)NCCN3Cc4ccccc4O[C@H](C)C3)cccc2c1C. The number of nitrogens with zero attached hydrogens (tertiary/aromatic N) is 1. The molecule has 0 aliphatic carbocycles. The zero-order chi connectivity index (χ0) is 19.7. The van der Waals surface area contributed by atoms with Gasteiger partial charge in [0.15, 0.2) is 0 Å². The van der Waals surface area contributed by atoms with Gasteiger partial charge in [0, 0.05) is 42.8 Å². The number of amides is 1. The van der Waals surface area contributed by atoms with Gasteiger partial charge in [-0.15, -0.1) is 0 Å². The molecule has 2 N–H and O–H groups in total. The van der Waals surface area contributed by atoms with Crippen molar-refractivity contribution in [3.63, 3.8) is 0 Å². The molecule has 1 aromatic heterocycles. The number of nitrogens with one attached hydrogen (secondary N) is 2. The van der Waals surface area contributed by atoms with Crippen LogP contribution in [0.25, 0.3) is 10.9 Å². The van der Waals surface area contributed by atoms with Crippen molar-refractivity contribution in [1.82, 2.24) is 15.2 Å². The molecular weight excluding hydrogens is 350 g/mol. The highest BCUT2D eigenvalue weighted by Gasteiger charge is 2.20. The molecular formula is C23H27N3O2. The molecule has 0 unspecified atom stereocenters.